The van der Waals surface area contributed by atoms with Gasteiger partial charge in [0, 0.05) is 25.0 Å². The summed E-state index contributed by atoms with van der Waals surface area (Å²) in [6, 6.07) is 9.46. The number of hydrogen-bond acceptors (Lipinski definition) is 3. The first-order chi connectivity index (χ1) is 9.72. The molecule has 2 heterocycles. The minimum atomic E-state index is -0.0403. The zero-order chi connectivity index (χ0) is 13.9. The van der Waals surface area contributed by atoms with E-state index in [1.165, 1.54) is 6.42 Å². The third-order valence-electron chi connectivity index (χ3n) is 3.69. The van der Waals surface area contributed by atoms with Crippen molar-refractivity contribution in [1.82, 2.24) is 4.98 Å². The Bertz CT molecular complexity index is 592. The minimum absolute atomic E-state index is 0.0403. The van der Waals surface area contributed by atoms with E-state index in [0.29, 0.717) is 24.6 Å². The standard InChI is InChI=1S/C16H18N2O2/c1-11-10-13(11)14-7-5-12(20-14)6-8-16(19)18-15-4-2-3-9-17-15/h2-5,7,9,11,13H,6,8,10H2,1H3,(H,17,18,19)/t11-,13+/m0/s1. The van der Waals surface area contributed by atoms with Crippen LogP contribution in [0, 0.1) is 5.92 Å². The molecule has 0 aliphatic heterocycles. The molecule has 0 radical (unpaired) electrons. The molecular formula is C16H18N2O2. The number of furan rings is 1. The van der Waals surface area contributed by atoms with Gasteiger partial charge in [-0.05, 0) is 36.6 Å². The van der Waals surface area contributed by atoms with Crippen molar-refractivity contribution >= 4 is 11.7 Å². The van der Waals surface area contributed by atoms with Crippen molar-refractivity contribution in [1.29, 1.82) is 0 Å². The first-order valence-electron chi connectivity index (χ1n) is 7.02. The number of anilines is 1. The summed E-state index contributed by atoms with van der Waals surface area (Å²) in [7, 11) is 0. The van der Waals surface area contributed by atoms with Gasteiger partial charge in [0.25, 0.3) is 0 Å². The summed E-state index contributed by atoms with van der Waals surface area (Å²) in [4.78, 5) is 15.9. The molecule has 0 unspecified atom stereocenters. The molecule has 2 atom stereocenters. The predicted octanol–water partition coefficient (Wildman–Crippen LogP) is 3.37. The van der Waals surface area contributed by atoms with Crippen LogP contribution in [0.4, 0.5) is 5.82 Å². The maximum absolute atomic E-state index is 11.8. The Morgan fingerprint density at radius 1 is 1.40 bits per heavy atom. The lowest BCUT2D eigenvalue weighted by molar-refractivity contribution is -0.116. The van der Waals surface area contributed by atoms with E-state index in [0.717, 1.165) is 17.4 Å². The molecule has 0 bridgehead atoms. The lowest BCUT2D eigenvalue weighted by Crippen LogP contribution is -2.12. The average Bonchev–Trinajstić information content (AvgIpc) is 3.01. The van der Waals surface area contributed by atoms with Crippen LogP contribution in [-0.2, 0) is 11.2 Å². The highest BCUT2D eigenvalue weighted by atomic mass is 16.3. The second-order valence-electron chi connectivity index (χ2n) is 5.39. The van der Waals surface area contributed by atoms with E-state index in [4.69, 9.17) is 4.42 Å². The SMILES string of the molecule is C[C@H]1C[C@H]1c1ccc(CCC(=O)Nc2ccccn2)o1. The van der Waals surface area contributed by atoms with Crippen molar-refractivity contribution in [3.63, 3.8) is 0 Å². The van der Waals surface area contributed by atoms with Gasteiger partial charge in [-0.3, -0.25) is 4.79 Å². The summed E-state index contributed by atoms with van der Waals surface area (Å²) in [5.74, 6) is 3.83. The van der Waals surface area contributed by atoms with Crippen molar-refractivity contribution in [3.05, 3.63) is 48.0 Å². The highest BCUT2D eigenvalue weighted by Gasteiger charge is 2.36. The topological polar surface area (TPSA) is 55.1 Å². The zero-order valence-electron chi connectivity index (χ0n) is 11.5. The predicted molar refractivity (Wildman–Crippen MR) is 76.4 cm³/mol. The van der Waals surface area contributed by atoms with Gasteiger partial charge in [-0.1, -0.05) is 13.0 Å². The minimum Gasteiger partial charge on any atom is -0.466 e. The Balaban J connectivity index is 1.49. The molecule has 0 aromatic carbocycles. The van der Waals surface area contributed by atoms with Gasteiger partial charge in [0.15, 0.2) is 0 Å². The Labute approximate surface area is 118 Å². The second-order valence-corrected chi connectivity index (χ2v) is 5.39. The van der Waals surface area contributed by atoms with E-state index in [2.05, 4.69) is 17.2 Å². The van der Waals surface area contributed by atoms with Crippen LogP contribution >= 0.6 is 0 Å². The lowest BCUT2D eigenvalue weighted by atomic mass is 10.2. The zero-order valence-corrected chi connectivity index (χ0v) is 11.5. The largest absolute Gasteiger partial charge is 0.466 e. The van der Waals surface area contributed by atoms with E-state index >= 15 is 0 Å². The van der Waals surface area contributed by atoms with Crippen LogP contribution in [0.3, 0.4) is 0 Å². The molecule has 1 saturated carbocycles. The number of hydrogen-bond donors (Lipinski definition) is 1. The fourth-order valence-corrected chi connectivity index (χ4v) is 2.33. The van der Waals surface area contributed by atoms with Gasteiger partial charge in [-0.2, -0.15) is 0 Å². The van der Waals surface area contributed by atoms with Crippen LogP contribution < -0.4 is 5.32 Å². The Morgan fingerprint density at radius 2 is 2.25 bits per heavy atom. The summed E-state index contributed by atoms with van der Waals surface area (Å²) in [6.07, 6.45) is 3.90. The fourth-order valence-electron chi connectivity index (χ4n) is 2.33. The maximum atomic E-state index is 11.8. The molecule has 1 amide bonds. The first-order valence-corrected chi connectivity index (χ1v) is 7.02. The molecule has 20 heavy (non-hydrogen) atoms. The molecule has 1 fully saturated rings. The third kappa shape index (κ3) is 3.07. The summed E-state index contributed by atoms with van der Waals surface area (Å²) in [5, 5.41) is 2.77. The highest BCUT2D eigenvalue weighted by Crippen LogP contribution is 2.47. The van der Waals surface area contributed by atoms with Crippen molar-refractivity contribution in [2.75, 3.05) is 5.32 Å². The van der Waals surface area contributed by atoms with Crippen LogP contribution in [-0.4, -0.2) is 10.9 Å². The molecule has 0 saturated heterocycles. The average molecular weight is 270 g/mol. The quantitative estimate of drug-likeness (QED) is 0.906. The van der Waals surface area contributed by atoms with Gasteiger partial charge in [0.2, 0.25) is 5.91 Å². The molecule has 2 aromatic rings. The number of carbonyl (C=O) groups is 1. The Hall–Kier alpha value is -2.10. The van der Waals surface area contributed by atoms with Gasteiger partial charge in [-0.15, -0.1) is 0 Å². The molecule has 2 aromatic heterocycles. The van der Waals surface area contributed by atoms with E-state index in [1.54, 1.807) is 12.3 Å². The molecule has 104 valence electrons. The molecular weight excluding hydrogens is 252 g/mol. The monoisotopic (exact) mass is 270 g/mol. The molecule has 3 rings (SSSR count). The number of amides is 1. The van der Waals surface area contributed by atoms with Crippen molar-refractivity contribution < 1.29 is 9.21 Å². The molecule has 4 nitrogen and oxygen atoms in total. The number of pyridine rings is 1. The van der Waals surface area contributed by atoms with Crippen LogP contribution in [0.2, 0.25) is 0 Å². The van der Waals surface area contributed by atoms with Crippen LogP contribution in [0.1, 0.15) is 37.2 Å². The number of nitrogens with one attached hydrogen (secondary N) is 1. The van der Waals surface area contributed by atoms with Gasteiger partial charge < -0.3 is 9.73 Å². The smallest absolute Gasteiger partial charge is 0.225 e. The molecule has 0 spiro atoms. The molecule has 4 heteroatoms. The first kappa shape index (κ1) is 12.9. The summed E-state index contributed by atoms with van der Waals surface area (Å²) in [6.45, 7) is 2.23. The maximum Gasteiger partial charge on any atom is 0.225 e. The van der Waals surface area contributed by atoms with Crippen molar-refractivity contribution in [3.8, 4) is 0 Å². The molecule has 1 aliphatic carbocycles. The lowest BCUT2D eigenvalue weighted by Gasteiger charge is -2.02. The number of nitrogens with zero attached hydrogens (tertiary/aromatic N) is 1. The van der Waals surface area contributed by atoms with Gasteiger partial charge in [-0.25, -0.2) is 4.98 Å². The Kier molecular flexibility index (Phi) is 3.54. The summed E-state index contributed by atoms with van der Waals surface area (Å²) in [5.41, 5.74) is 0. The molecule has 1 N–H and O–H groups in total. The highest BCUT2D eigenvalue weighted by molar-refractivity contribution is 5.89. The fraction of sp³-hybridized carbons (Fsp3) is 0.375. The second kappa shape index (κ2) is 5.49. The number of rotatable bonds is 5. The van der Waals surface area contributed by atoms with Crippen molar-refractivity contribution in [2.24, 2.45) is 5.92 Å². The van der Waals surface area contributed by atoms with Crippen LogP contribution in [0.25, 0.3) is 0 Å². The van der Waals surface area contributed by atoms with Crippen LogP contribution in [0.15, 0.2) is 40.9 Å². The van der Waals surface area contributed by atoms with E-state index in [9.17, 15) is 4.79 Å². The number of aryl methyl sites for hydroxylation is 1. The van der Waals surface area contributed by atoms with E-state index in [1.807, 2.05) is 24.3 Å². The Morgan fingerprint density at radius 3 is 2.95 bits per heavy atom. The van der Waals surface area contributed by atoms with E-state index in [-0.39, 0.29) is 5.91 Å². The normalized spacial score (nSPS) is 20.6. The van der Waals surface area contributed by atoms with Gasteiger partial charge in [0.1, 0.15) is 17.3 Å². The summed E-state index contributed by atoms with van der Waals surface area (Å²) >= 11 is 0. The number of aromatic nitrogens is 1. The summed E-state index contributed by atoms with van der Waals surface area (Å²) < 4.78 is 5.78. The van der Waals surface area contributed by atoms with E-state index < -0.39 is 0 Å². The molecule has 1 aliphatic rings. The van der Waals surface area contributed by atoms with Gasteiger partial charge in [0.05, 0.1) is 0 Å². The third-order valence-corrected chi connectivity index (χ3v) is 3.69. The number of carbonyl (C=O) groups excluding carboxylic acids is 1. The van der Waals surface area contributed by atoms with Gasteiger partial charge >= 0.3 is 0 Å². The van der Waals surface area contributed by atoms with Crippen LogP contribution in [0.5, 0.6) is 0 Å². The van der Waals surface area contributed by atoms with Crippen molar-refractivity contribution in [2.45, 2.75) is 32.1 Å².